The van der Waals surface area contributed by atoms with Gasteiger partial charge in [-0.3, -0.25) is 4.79 Å². The van der Waals surface area contributed by atoms with E-state index >= 15 is 0 Å². The molecule has 0 rings (SSSR count). The minimum Gasteiger partial charge on any atom is -0.459 e. The molecular formula is C16H30N2O6. The highest BCUT2D eigenvalue weighted by Gasteiger charge is 2.29. The molecule has 0 fully saturated rings. The van der Waals surface area contributed by atoms with Crippen molar-refractivity contribution in [2.75, 3.05) is 6.54 Å². The van der Waals surface area contributed by atoms with E-state index in [0.29, 0.717) is 0 Å². The summed E-state index contributed by atoms with van der Waals surface area (Å²) in [5, 5.41) is 0.730. The minimum atomic E-state index is -0.890. The van der Waals surface area contributed by atoms with Gasteiger partial charge in [-0.05, 0) is 62.3 Å². The molecule has 0 aromatic rings. The van der Waals surface area contributed by atoms with Gasteiger partial charge in [-0.2, -0.15) is 0 Å². The Bertz CT molecular complexity index is 438. The first-order valence-corrected chi connectivity index (χ1v) is 7.70. The van der Waals surface area contributed by atoms with Crippen LogP contribution in [0.5, 0.6) is 0 Å². The monoisotopic (exact) mass is 346 g/mol. The van der Waals surface area contributed by atoms with Gasteiger partial charge in [-0.15, -0.1) is 0 Å². The highest BCUT2D eigenvalue weighted by atomic mass is 16.6. The second kappa shape index (κ2) is 7.72. The van der Waals surface area contributed by atoms with Crippen molar-refractivity contribution in [2.24, 2.45) is 0 Å². The van der Waals surface area contributed by atoms with Crippen LogP contribution in [0.1, 0.15) is 62.3 Å². The summed E-state index contributed by atoms with van der Waals surface area (Å²) in [5.41, 5.74) is -0.0574. The molecule has 0 radical (unpaired) electrons. The van der Waals surface area contributed by atoms with Crippen molar-refractivity contribution in [3.63, 3.8) is 0 Å². The zero-order valence-corrected chi connectivity index (χ0v) is 16.1. The summed E-state index contributed by atoms with van der Waals surface area (Å²) in [6.07, 6.45) is -1.77. The molecule has 0 aromatic heterocycles. The van der Waals surface area contributed by atoms with E-state index < -0.39 is 41.5 Å². The third kappa shape index (κ3) is 11.6. The molecule has 2 amide bonds. The van der Waals surface area contributed by atoms with E-state index in [4.69, 9.17) is 14.2 Å². The maximum Gasteiger partial charge on any atom is 0.429 e. The van der Waals surface area contributed by atoms with Crippen LogP contribution in [0, 0.1) is 0 Å². The molecule has 0 bridgehead atoms. The van der Waals surface area contributed by atoms with Crippen molar-refractivity contribution in [3.05, 3.63) is 0 Å². The number of carbonyl (C=O) groups is 3. The Morgan fingerprint density at radius 2 is 1.17 bits per heavy atom. The van der Waals surface area contributed by atoms with Crippen LogP contribution in [0.4, 0.5) is 9.59 Å². The Hall–Kier alpha value is -1.99. The van der Waals surface area contributed by atoms with Crippen molar-refractivity contribution in [2.45, 2.75) is 79.1 Å². The number of rotatable bonds is 2. The smallest absolute Gasteiger partial charge is 0.429 e. The molecule has 8 heteroatoms. The zero-order valence-electron chi connectivity index (χ0n) is 16.1. The van der Waals surface area contributed by atoms with Crippen LogP contribution < -0.4 is 5.43 Å². The molecule has 0 aliphatic carbocycles. The van der Waals surface area contributed by atoms with Gasteiger partial charge < -0.3 is 14.2 Å². The summed E-state index contributed by atoms with van der Waals surface area (Å²) >= 11 is 0. The summed E-state index contributed by atoms with van der Waals surface area (Å²) in [4.78, 5) is 36.0. The molecule has 0 aromatic carbocycles. The van der Waals surface area contributed by atoms with Gasteiger partial charge in [0.05, 0.1) is 0 Å². The van der Waals surface area contributed by atoms with E-state index in [2.05, 4.69) is 5.43 Å². The van der Waals surface area contributed by atoms with Gasteiger partial charge in [0.15, 0.2) is 0 Å². The minimum absolute atomic E-state index is 0.509. The number of amides is 2. The van der Waals surface area contributed by atoms with E-state index in [9.17, 15) is 14.4 Å². The van der Waals surface area contributed by atoms with Gasteiger partial charge in [-0.25, -0.2) is 20.0 Å². The fourth-order valence-electron chi connectivity index (χ4n) is 1.38. The molecular weight excluding hydrogens is 316 g/mol. The van der Waals surface area contributed by atoms with Crippen molar-refractivity contribution >= 4 is 18.2 Å². The summed E-state index contributed by atoms with van der Waals surface area (Å²) in [5.74, 6) is -0.690. The summed E-state index contributed by atoms with van der Waals surface area (Å²) in [7, 11) is 0. The van der Waals surface area contributed by atoms with Crippen molar-refractivity contribution in [1.82, 2.24) is 10.4 Å². The number of hydrogen-bond donors (Lipinski definition) is 1. The second-order valence-corrected chi connectivity index (χ2v) is 8.27. The molecule has 24 heavy (non-hydrogen) atoms. The van der Waals surface area contributed by atoms with Crippen LogP contribution in [0.2, 0.25) is 0 Å². The Morgan fingerprint density at radius 3 is 1.54 bits per heavy atom. The molecule has 0 atom stereocenters. The van der Waals surface area contributed by atoms with E-state index in [1.54, 1.807) is 62.3 Å². The average Bonchev–Trinajstić information content (AvgIpc) is 2.19. The van der Waals surface area contributed by atoms with Gasteiger partial charge in [0.1, 0.15) is 23.3 Å². The van der Waals surface area contributed by atoms with Crippen LogP contribution in [0.15, 0.2) is 0 Å². The van der Waals surface area contributed by atoms with E-state index in [1.807, 2.05) is 0 Å². The molecule has 0 saturated carbocycles. The Labute approximate surface area is 143 Å². The predicted octanol–water partition coefficient (Wildman–Crippen LogP) is 3.00. The number of nitrogens with zero attached hydrogens (tertiary/aromatic N) is 1. The Morgan fingerprint density at radius 1 is 0.750 bits per heavy atom. The normalized spacial score (nSPS) is 12.2. The van der Waals surface area contributed by atoms with Crippen molar-refractivity contribution < 1.29 is 28.6 Å². The van der Waals surface area contributed by atoms with Gasteiger partial charge >= 0.3 is 18.2 Å². The van der Waals surface area contributed by atoms with Crippen LogP contribution in [0.25, 0.3) is 0 Å². The van der Waals surface area contributed by atoms with Gasteiger partial charge in [0.2, 0.25) is 0 Å². The van der Waals surface area contributed by atoms with Crippen LogP contribution in [-0.2, 0) is 19.0 Å². The predicted molar refractivity (Wildman–Crippen MR) is 88.2 cm³/mol. The number of hydrazine groups is 1. The lowest BCUT2D eigenvalue weighted by Crippen LogP contribution is -2.52. The second-order valence-electron chi connectivity index (χ2n) is 8.27. The highest BCUT2D eigenvalue weighted by molar-refractivity contribution is 5.80. The first-order chi connectivity index (χ1) is 10.5. The van der Waals surface area contributed by atoms with Gasteiger partial charge in [0.25, 0.3) is 0 Å². The van der Waals surface area contributed by atoms with Crippen LogP contribution in [0.3, 0.4) is 0 Å². The van der Waals surface area contributed by atoms with E-state index in [-0.39, 0.29) is 0 Å². The molecule has 0 heterocycles. The summed E-state index contributed by atoms with van der Waals surface area (Å²) in [6.45, 7) is 14.6. The molecule has 0 aliphatic rings. The lowest BCUT2D eigenvalue weighted by atomic mass is 10.2. The summed E-state index contributed by atoms with van der Waals surface area (Å²) in [6, 6.07) is 0. The molecule has 140 valence electrons. The Kier molecular flexibility index (Phi) is 7.08. The molecule has 0 spiro atoms. The lowest BCUT2D eigenvalue weighted by molar-refractivity contribution is -0.156. The van der Waals surface area contributed by atoms with E-state index in [1.165, 1.54) is 0 Å². The maximum atomic E-state index is 12.2. The first kappa shape index (κ1) is 22.0. The third-order valence-electron chi connectivity index (χ3n) is 1.95. The SMILES string of the molecule is CC(C)(C)OC(=O)CN(NC(=O)OC(C)(C)C)C(=O)OC(C)(C)C. The van der Waals surface area contributed by atoms with Gasteiger partial charge in [0, 0.05) is 0 Å². The number of esters is 1. The Balaban J connectivity index is 5.05. The first-order valence-electron chi connectivity index (χ1n) is 7.70. The van der Waals surface area contributed by atoms with Crippen molar-refractivity contribution in [1.29, 1.82) is 0 Å². The van der Waals surface area contributed by atoms with E-state index in [0.717, 1.165) is 5.01 Å². The standard InChI is InChI=1S/C16H30N2O6/c1-14(2,3)22-11(19)10-18(13(21)24-16(7,8)9)17-12(20)23-15(4,5)6/h10H2,1-9H3,(H,17,20). The topological polar surface area (TPSA) is 94.2 Å². The molecule has 1 N–H and O–H groups in total. The number of carbonyl (C=O) groups excluding carboxylic acids is 3. The van der Waals surface area contributed by atoms with Crippen LogP contribution in [-0.4, -0.2) is 46.5 Å². The molecule has 8 nitrogen and oxygen atoms in total. The molecule has 0 unspecified atom stereocenters. The lowest BCUT2D eigenvalue weighted by Gasteiger charge is -2.29. The fraction of sp³-hybridized carbons (Fsp3) is 0.812. The zero-order chi connectivity index (χ0) is 19.3. The third-order valence-corrected chi connectivity index (χ3v) is 1.95. The summed E-state index contributed by atoms with van der Waals surface area (Å²) < 4.78 is 15.4. The van der Waals surface area contributed by atoms with Crippen molar-refractivity contribution in [3.8, 4) is 0 Å². The largest absolute Gasteiger partial charge is 0.459 e. The maximum absolute atomic E-state index is 12.2. The molecule has 0 aliphatic heterocycles. The number of ether oxygens (including phenoxy) is 3. The number of nitrogens with one attached hydrogen (secondary N) is 1. The fourth-order valence-corrected chi connectivity index (χ4v) is 1.38. The molecule has 0 saturated heterocycles. The average molecular weight is 346 g/mol. The van der Waals surface area contributed by atoms with Crippen LogP contribution >= 0.6 is 0 Å². The quantitative estimate of drug-likeness (QED) is 0.469. The highest BCUT2D eigenvalue weighted by Crippen LogP contribution is 2.12. The number of hydrogen-bond acceptors (Lipinski definition) is 6. The van der Waals surface area contributed by atoms with Gasteiger partial charge in [-0.1, -0.05) is 0 Å².